The van der Waals surface area contributed by atoms with Crippen molar-refractivity contribution in [3.8, 4) is 0 Å². The fourth-order valence-electron chi connectivity index (χ4n) is 4.98. The second-order valence-electron chi connectivity index (χ2n) is 8.52. The topological polar surface area (TPSA) is 20.8 Å². The molecular weight excluding hydrogens is 481 g/mol. The van der Waals surface area contributed by atoms with E-state index >= 15 is 0 Å². The van der Waals surface area contributed by atoms with E-state index in [1.807, 2.05) is 0 Å². The highest BCUT2D eigenvalue weighted by atomic mass is 127. The lowest BCUT2D eigenvalue weighted by atomic mass is 9.81. The largest absolute Gasteiger partial charge is 1.00 e. The summed E-state index contributed by atoms with van der Waals surface area (Å²) in [4.78, 5) is 4.90. The van der Waals surface area contributed by atoms with Crippen LogP contribution in [0.15, 0.2) is 60.7 Å². The highest BCUT2D eigenvalue weighted by molar-refractivity contribution is 6.09. The minimum absolute atomic E-state index is 0. The summed E-state index contributed by atoms with van der Waals surface area (Å²) in [6.07, 6.45) is 4.40. The van der Waals surface area contributed by atoms with E-state index in [0.717, 1.165) is 11.4 Å². The number of rotatable bonds is 2. The Labute approximate surface area is 194 Å². The smallest absolute Gasteiger partial charge is 0.209 e. The minimum atomic E-state index is -0.0273. The van der Waals surface area contributed by atoms with Gasteiger partial charge in [-0.3, -0.25) is 4.98 Å². The fraction of sp³-hybridized carbons (Fsp3) is 0.231. The molecule has 2 aromatic carbocycles. The maximum atomic E-state index is 4.90. The maximum absolute atomic E-state index is 4.90. The molecule has 152 valence electrons. The van der Waals surface area contributed by atoms with Crippen molar-refractivity contribution in [1.29, 1.82) is 0 Å². The molecule has 0 N–H and O–H groups in total. The first-order valence-electron chi connectivity index (χ1n) is 10.1. The fourth-order valence-corrected chi connectivity index (χ4v) is 4.98. The van der Waals surface area contributed by atoms with Gasteiger partial charge in [0, 0.05) is 41.0 Å². The lowest BCUT2D eigenvalue weighted by Gasteiger charge is -2.15. The number of benzene rings is 2. The Balaban J connectivity index is 0.00000218. The Kier molecular flexibility index (Phi) is 5.09. The number of allylic oxidation sites excluding steroid dienone is 1. The summed E-state index contributed by atoms with van der Waals surface area (Å²) in [5.74, 6) is 0. The highest BCUT2D eigenvalue weighted by Gasteiger charge is 2.42. The minimum Gasteiger partial charge on any atom is -1.00 e. The third-order valence-electron chi connectivity index (χ3n) is 6.43. The molecule has 0 unspecified atom stereocenters. The molecule has 5 rings (SSSR count). The number of halogens is 1. The van der Waals surface area contributed by atoms with Crippen LogP contribution in [0, 0.1) is 6.92 Å². The normalized spacial score (nSPS) is 15.2. The molecule has 0 atom stereocenters. The van der Waals surface area contributed by atoms with Crippen LogP contribution in [0.4, 0.5) is 5.69 Å². The molecule has 30 heavy (non-hydrogen) atoms. The Morgan fingerprint density at radius 1 is 0.967 bits per heavy atom. The van der Waals surface area contributed by atoms with Gasteiger partial charge in [0.1, 0.15) is 7.05 Å². The van der Waals surface area contributed by atoms with E-state index in [0.29, 0.717) is 0 Å². The first-order valence-corrected chi connectivity index (χ1v) is 10.1. The SMILES string of the molecule is Cc1nc(/C=C/C2=[N+](C)c3ccccc3C2(C)C)cc2c3ccccc3n(C)c12.[I-]. The summed E-state index contributed by atoms with van der Waals surface area (Å²) in [5.41, 5.74) is 8.43. The number of hydrogen-bond donors (Lipinski definition) is 0. The van der Waals surface area contributed by atoms with E-state index in [-0.39, 0.29) is 29.4 Å². The number of aromatic nitrogens is 2. The molecule has 0 amide bonds. The molecule has 0 aliphatic carbocycles. The van der Waals surface area contributed by atoms with Gasteiger partial charge in [-0.15, -0.1) is 0 Å². The predicted molar refractivity (Wildman–Crippen MR) is 122 cm³/mol. The van der Waals surface area contributed by atoms with Crippen LogP contribution >= 0.6 is 0 Å². The lowest BCUT2D eigenvalue weighted by Crippen LogP contribution is -3.00. The van der Waals surface area contributed by atoms with Crippen molar-refractivity contribution in [3.05, 3.63) is 77.6 Å². The summed E-state index contributed by atoms with van der Waals surface area (Å²) < 4.78 is 4.55. The van der Waals surface area contributed by atoms with Gasteiger partial charge in [-0.05, 0) is 39.0 Å². The van der Waals surface area contributed by atoms with Crippen molar-refractivity contribution in [2.45, 2.75) is 26.2 Å². The standard InChI is InChI=1S/C26H26N3.HI/c1-17-25-20(19-10-6-8-12-22(19)29(25)5)16-18(27-17)14-15-24-26(2,3)21-11-7-9-13-23(21)28(24)4;/h6-16H,1-5H3;1H/q+1;/p-1. The van der Waals surface area contributed by atoms with Gasteiger partial charge >= 0.3 is 0 Å². The zero-order valence-electron chi connectivity index (χ0n) is 18.1. The first kappa shape index (κ1) is 20.8. The monoisotopic (exact) mass is 507 g/mol. The number of hydrogen-bond acceptors (Lipinski definition) is 1. The number of aryl methyl sites for hydroxylation is 2. The molecule has 0 radical (unpaired) electrons. The van der Waals surface area contributed by atoms with E-state index in [4.69, 9.17) is 4.98 Å². The molecule has 1 aliphatic rings. The summed E-state index contributed by atoms with van der Waals surface area (Å²) in [6, 6.07) is 19.5. The molecular formula is C26H26IN3. The van der Waals surface area contributed by atoms with Crippen molar-refractivity contribution >= 4 is 39.3 Å². The Hall–Kier alpha value is -2.47. The molecule has 0 spiro atoms. The third kappa shape index (κ3) is 2.92. The van der Waals surface area contributed by atoms with Crippen molar-refractivity contribution in [2.24, 2.45) is 7.05 Å². The van der Waals surface area contributed by atoms with Gasteiger partial charge in [-0.2, -0.15) is 4.58 Å². The van der Waals surface area contributed by atoms with Crippen LogP contribution in [0.1, 0.15) is 30.8 Å². The van der Waals surface area contributed by atoms with Crippen LogP contribution in [0.5, 0.6) is 0 Å². The van der Waals surface area contributed by atoms with E-state index in [1.54, 1.807) is 0 Å². The molecule has 2 aromatic heterocycles. The lowest BCUT2D eigenvalue weighted by molar-refractivity contribution is -0.401. The highest BCUT2D eigenvalue weighted by Crippen LogP contribution is 2.39. The summed E-state index contributed by atoms with van der Waals surface area (Å²) in [6.45, 7) is 6.69. The van der Waals surface area contributed by atoms with E-state index in [2.05, 4.69) is 111 Å². The van der Waals surface area contributed by atoms with E-state index in [1.165, 1.54) is 38.8 Å². The number of para-hydroxylation sites is 2. The molecule has 1 aliphatic heterocycles. The number of fused-ring (bicyclic) bond motifs is 4. The van der Waals surface area contributed by atoms with Crippen LogP contribution in [0.3, 0.4) is 0 Å². The van der Waals surface area contributed by atoms with Crippen LogP contribution in [-0.2, 0) is 12.5 Å². The third-order valence-corrected chi connectivity index (χ3v) is 6.43. The van der Waals surface area contributed by atoms with Gasteiger partial charge in [0.2, 0.25) is 5.69 Å². The number of nitrogens with zero attached hydrogens (tertiary/aromatic N) is 3. The summed E-state index contributed by atoms with van der Waals surface area (Å²) in [7, 11) is 4.28. The van der Waals surface area contributed by atoms with Gasteiger partial charge < -0.3 is 28.5 Å². The van der Waals surface area contributed by atoms with Crippen molar-refractivity contribution in [3.63, 3.8) is 0 Å². The Bertz CT molecular complexity index is 1360. The van der Waals surface area contributed by atoms with E-state index < -0.39 is 0 Å². The van der Waals surface area contributed by atoms with Crippen LogP contribution < -0.4 is 24.0 Å². The maximum Gasteiger partial charge on any atom is 0.209 e. The second kappa shape index (κ2) is 7.34. The molecule has 0 bridgehead atoms. The van der Waals surface area contributed by atoms with Crippen molar-refractivity contribution in [1.82, 2.24) is 9.55 Å². The molecule has 3 nitrogen and oxygen atoms in total. The predicted octanol–water partition coefficient (Wildman–Crippen LogP) is 2.76. The van der Waals surface area contributed by atoms with Crippen molar-refractivity contribution in [2.75, 3.05) is 7.05 Å². The summed E-state index contributed by atoms with van der Waals surface area (Å²) >= 11 is 0. The first-order chi connectivity index (χ1) is 13.9. The quantitative estimate of drug-likeness (QED) is 0.302. The summed E-state index contributed by atoms with van der Waals surface area (Å²) in [5, 5.41) is 2.55. The van der Waals surface area contributed by atoms with E-state index in [9.17, 15) is 0 Å². The Morgan fingerprint density at radius 3 is 2.43 bits per heavy atom. The van der Waals surface area contributed by atoms with Gasteiger partial charge in [-0.1, -0.05) is 36.4 Å². The molecule has 0 saturated heterocycles. The van der Waals surface area contributed by atoms with Gasteiger partial charge in [-0.25, -0.2) is 0 Å². The Morgan fingerprint density at radius 2 is 1.67 bits per heavy atom. The van der Waals surface area contributed by atoms with Crippen LogP contribution in [0.25, 0.3) is 27.9 Å². The van der Waals surface area contributed by atoms with Crippen LogP contribution in [-0.4, -0.2) is 26.9 Å². The van der Waals surface area contributed by atoms with Crippen molar-refractivity contribution < 1.29 is 28.6 Å². The molecule has 4 aromatic rings. The van der Waals surface area contributed by atoms with Gasteiger partial charge in [0.15, 0.2) is 5.71 Å². The van der Waals surface area contributed by atoms with Gasteiger partial charge in [0.05, 0.1) is 22.3 Å². The number of pyridine rings is 1. The molecule has 4 heteroatoms. The zero-order chi connectivity index (χ0) is 20.3. The average Bonchev–Trinajstić information content (AvgIpc) is 3.10. The molecule has 0 saturated carbocycles. The second-order valence-corrected chi connectivity index (χ2v) is 8.52. The average molecular weight is 507 g/mol. The molecule has 0 fully saturated rings. The van der Waals surface area contributed by atoms with Crippen LogP contribution in [0.2, 0.25) is 0 Å². The van der Waals surface area contributed by atoms with Gasteiger partial charge in [0.25, 0.3) is 0 Å². The zero-order valence-corrected chi connectivity index (χ0v) is 20.2. The molecule has 3 heterocycles.